The fourth-order valence-electron chi connectivity index (χ4n) is 3.52. The summed E-state index contributed by atoms with van der Waals surface area (Å²) in [5.41, 5.74) is 1.60. The molecule has 1 saturated heterocycles. The molecule has 1 aromatic heterocycles. The van der Waals surface area contributed by atoms with E-state index in [0.717, 1.165) is 30.8 Å². The van der Waals surface area contributed by atoms with Crippen LogP contribution in [0.1, 0.15) is 12.0 Å². The van der Waals surface area contributed by atoms with Crippen LogP contribution in [0, 0.1) is 5.82 Å². The molecule has 3 aromatic rings. The van der Waals surface area contributed by atoms with Crippen LogP contribution in [0.5, 0.6) is 0 Å². The lowest BCUT2D eigenvalue weighted by Crippen LogP contribution is -2.37. The first kappa shape index (κ1) is 19.4. The zero-order valence-corrected chi connectivity index (χ0v) is 16.8. The van der Waals surface area contributed by atoms with Crippen LogP contribution in [0.4, 0.5) is 16.0 Å². The van der Waals surface area contributed by atoms with Crippen molar-refractivity contribution >= 4 is 23.2 Å². The Morgan fingerprint density at radius 2 is 1.90 bits per heavy atom. The molecular weight excluding hydrogens is 393 g/mol. The molecule has 0 spiro atoms. The molecular formula is C21H21ClFN5O. The van der Waals surface area contributed by atoms with Crippen LogP contribution in [0.2, 0.25) is 5.02 Å². The van der Waals surface area contributed by atoms with E-state index >= 15 is 0 Å². The molecule has 0 N–H and O–H groups in total. The smallest absolute Gasteiger partial charge is 0.352 e. The van der Waals surface area contributed by atoms with Crippen molar-refractivity contribution in [3.63, 3.8) is 0 Å². The molecule has 6 nitrogen and oxygen atoms in total. The van der Waals surface area contributed by atoms with Crippen LogP contribution < -0.4 is 15.5 Å². The van der Waals surface area contributed by atoms with E-state index in [0.29, 0.717) is 17.5 Å². The Balaban J connectivity index is 1.44. The molecule has 0 aliphatic carbocycles. The van der Waals surface area contributed by atoms with E-state index in [9.17, 15) is 9.18 Å². The van der Waals surface area contributed by atoms with E-state index in [2.05, 4.69) is 14.9 Å². The Hall–Kier alpha value is -2.93. The second-order valence-corrected chi connectivity index (χ2v) is 7.61. The third-order valence-corrected chi connectivity index (χ3v) is 5.49. The standard InChI is InChI=1S/C21H21ClFN5O/c1-26(19-10-11-27(13-19)18-8-6-17(23)7-9-18)20-24-14-28(21(29)25-20)12-15-2-4-16(22)5-3-15/h2-9,14,19H,10-13H2,1H3. The molecule has 150 valence electrons. The van der Waals surface area contributed by atoms with Crippen LogP contribution in [0.3, 0.4) is 0 Å². The number of hydrogen-bond donors (Lipinski definition) is 0. The van der Waals surface area contributed by atoms with Gasteiger partial charge in [-0.25, -0.2) is 14.2 Å². The van der Waals surface area contributed by atoms with Crippen molar-refractivity contribution in [1.82, 2.24) is 14.5 Å². The van der Waals surface area contributed by atoms with Gasteiger partial charge in [0, 0.05) is 30.8 Å². The lowest BCUT2D eigenvalue weighted by atomic mass is 10.2. The number of aromatic nitrogens is 3. The van der Waals surface area contributed by atoms with Gasteiger partial charge >= 0.3 is 5.69 Å². The van der Waals surface area contributed by atoms with Crippen molar-refractivity contribution in [2.75, 3.05) is 29.9 Å². The van der Waals surface area contributed by atoms with Gasteiger partial charge in [0.1, 0.15) is 12.1 Å². The zero-order valence-electron chi connectivity index (χ0n) is 16.0. The topological polar surface area (TPSA) is 54.3 Å². The van der Waals surface area contributed by atoms with E-state index in [-0.39, 0.29) is 17.5 Å². The number of anilines is 2. The van der Waals surface area contributed by atoms with Gasteiger partial charge < -0.3 is 9.80 Å². The highest BCUT2D eigenvalue weighted by atomic mass is 35.5. The number of likely N-dealkylation sites (N-methyl/N-ethyl adjacent to an activating group) is 1. The average molecular weight is 414 g/mol. The van der Waals surface area contributed by atoms with Crippen LogP contribution in [0.15, 0.2) is 59.7 Å². The van der Waals surface area contributed by atoms with Crippen LogP contribution >= 0.6 is 11.6 Å². The Morgan fingerprint density at radius 1 is 1.17 bits per heavy atom. The minimum absolute atomic E-state index is 0.173. The van der Waals surface area contributed by atoms with Gasteiger partial charge in [-0.3, -0.25) is 4.57 Å². The number of nitrogens with zero attached hydrogens (tertiary/aromatic N) is 5. The quantitative estimate of drug-likeness (QED) is 0.643. The molecule has 8 heteroatoms. The molecule has 0 bridgehead atoms. The van der Waals surface area contributed by atoms with Crippen molar-refractivity contribution in [1.29, 1.82) is 0 Å². The monoisotopic (exact) mass is 413 g/mol. The van der Waals surface area contributed by atoms with E-state index in [1.807, 2.05) is 24.1 Å². The Morgan fingerprint density at radius 3 is 2.59 bits per heavy atom. The number of benzene rings is 2. The molecule has 2 aromatic carbocycles. The Bertz CT molecular complexity index is 1040. The van der Waals surface area contributed by atoms with E-state index in [1.54, 1.807) is 24.3 Å². The van der Waals surface area contributed by atoms with Crippen molar-refractivity contribution in [3.8, 4) is 0 Å². The zero-order chi connectivity index (χ0) is 20.4. The van der Waals surface area contributed by atoms with Crippen molar-refractivity contribution < 1.29 is 4.39 Å². The largest absolute Gasteiger partial charge is 0.369 e. The first-order valence-electron chi connectivity index (χ1n) is 9.41. The third kappa shape index (κ3) is 4.40. The summed E-state index contributed by atoms with van der Waals surface area (Å²) in [5, 5.41) is 0.653. The fraction of sp³-hybridized carbons (Fsp3) is 0.286. The number of halogens is 2. The van der Waals surface area contributed by atoms with Crippen LogP contribution in [-0.4, -0.2) is 40.7 Å². The van der Waals surface area contributed by atoms with Gasteiger partial charge in [0.2, 0.25) is 5.95 Å². The second-order valence-electron chi connectivity index (χ2n) is 7.17. The van der Waals surface area contributed by atoms with Gasteiger partial charge in [-0.05, 0) is 48.4 Å². The van der Waals surface area contributed by atoms with Gasteiger partial charge in [0.15, 0.2) is 0 Å². The van der Waals surface area contributed by atoms with E-state index < -0.39 is 0 Å². The molecule has 0 radical (unpaired) electrons. The van der Waals surface area contributed by atoms with Crippen LogP contribution in [0.25, 0.3) is 0 Å². The highest BCUT2D eigenvalue weighted by molar-refractivity contribution is 6.30. The summed E-state index contributed by atoms with van der Waals surface area (Å²) in [4.78, 5) is 25.2. The predicted molar refractivity (Wildman–Crippen MR) is 112 cm³/mol. The SMILES string of the molecule is CN(c1ncn(Cc2ccc(Cl)cc2)c(=O)n1)C1CCN(c2ccc(F)cc2)C1. The first-order valence-corrected chi connectivity index (χ1v) is 9.78. The summed E-state index contributed by atoms with van der Waals surface area (Å²) in [7, 11) is 1.90. The third-order valence-electron chi connectivity index (χ3n) is 5.24. The highest BCUT2D eigenvalue weighted by Gasteiger charge is 2.27. The normalized spacial score (nSPS) is 16.2. The number of rotatable bonds is 5. The summed E-state index contributed by atoms with van der Waals surface area (Å²) in [5.74, 6) is 0.169. The molecule has 2 heterocycles. The molecule has 0 saturated carbocycles. The van der Waals surface area contributed by atoms with Gasteiger partial charge in [-0.2, -0.15) is 4.98 Å². The maximum atomic E-state index is 13.1. The average Bonchev–Trinajstić information content (AvgIpc) is 3.21. The minimum atomic E-state index is -0.342. The lowest BCUT2D eigenvalue weighted by Gasteiger charge is -2.25. The summed E-state index contributed by atoms with van der Waals surface area (Å²) in [6.07, 6.45) is 2.44. The molecule has 29 heavy (non-hydrogen) atoms. The van der Waals surface area contributed by atoms with Crippen molar-refractivity contribution in [3.05, 3.63) is 81.7 Å². The van der Waals surface area contributed by atoms with Gasteiger partial charge in [0.25, 0.3) is 0 Å². The van der Waals surface area contributed by atoms with Gasteiger partial charge in [-0.1, -0.05) is 23.7 Å². The van der Waals surface area contributed by atoms with E-state index in [4.69, 9.17) is 11.6 Å². The summed E-state index contributed by atoms with van der Waals surface area (Å²) >= 11 is 5.90. The van der Waals surface area contributed by atoms with Crippen LogP contribution in [-0.2, 0) is 6.54 Å². The maximum Gasteiger partial charge on any atom is 0.352 e. The first-order chi connectivity index (χ1) is 14.0. The molecule has 1 aliphatic heterocycles. The maximum absolute atomic E-state index is 13.1. The molecule has 1 fully saturated rings. The van der Waals surface area contributed by atoms with E-state index in [1.165, 1.54) is 23.0 Å². The summed E-state index contributed by atoms with van der Waals surface area (Å²) in [6.45, 7) is 2.01. The predicted octanol–water partition coefficient (Wildman–Crippen LogP) is 3.19. The summed E-state index contributed by atoms with van der Waals surface area (Å²) < 4.78 is 14.6. The lowest BCUT2D eigenvalue weighted by molar-refractivity contribution is 0.627. The second kappa shape index (κ2) is 8.21. The molecule has 1 unspecified atom stereocenters. The van der Waals surface area contributed by atoms with Gasteiger partial charge in [0.05, 0.1) is 12.6 Å². The molecule has 1 aliphatic rings. The molecule has 4 rings (SSSR count). The minimum Gasteiger partial charge on any atom is -0.369 e. The van der Waals surface area contributed by atoms with Gasteiger partial charge in [-0.15, -0.1) is 0 Å². The van der Waals surface area contributed by atoms with Crippen molar-refractivity contribution in [2.24, 2.45) is 0 Å². The Labute approximate surface area is 173 Å². The molecule has 0 amide bonds. The summed E-state index contributed by atoms with van der Waals surface area (Å²) in [6, 6.07) is 14.0. The molecule has 1 atom stereocenters. The Kier molecular flexibility index (Phi) is 5.49. The van der Waals surface area contributed by atoms with Crippen molar-refractivity contribution in [2.45, 2.75) is 19.0 Å². The highest BCUT2D eigenvalue weighted by Crippen LogP contribution is 2.24. The fourth-order valence-corrected chi connectivity index (χ4v) is 3.65. The number of hydrogen-bond acceptors (Lipinski definition) is 5.